The Morgan fingerprint density at radius 3 is 2.53 bits per heavy atom. The third-order valence-corrected chi connectivity index (χ3v) is 9.11. The van der Waals surface area contributed by atoms with Crippen LogP contribution in [0.1, 0.15) is 34.1 Å². The first kappa shape index (κ1) is 32.5. The first-order valence-electron chi connectivity index (χ1n) is 15.6. The van der Waals surface area contributed by atoms with Crippen LogP contribution in [0.3, 0.4) is 0 Å². The highest BCUT2D eigenvalue weighted by atomic mass is 19.4. The number of carbonyl (C=O) groups is 2. The Bertz CT molecular complexity index is 2170. The number of rotatable bonds is 7. The van der Waals surface area contributed by atoms with Gasteiger partial charge in [-0.25, -0.2) is 8.78 Å². The molecule has 3 aromatic heterocycles. The van der Waals surface area contributed by atoms with Gasteiger partial charge in [0, 0.05) is 61.2 Å². The monoisotopic (exact) mass is 679 g/mol. The summed E-state index contributed by atoms with van der Waals surface area (Å²) in [5.41, 5.74) is -0.177. The van der Waals surface area contributed by atoms with Crippen LogP contribution < -0.4 is 15.5 Å². The van der Waals surface area contributed by atoms with Crippen molar-refractivity contribution in [3.8, 4) is 11.1 Å². The first-order chi connectivity index (χ1) is 23.2. The van der Waals surface area contributed by atoms with Crippen molar-refractivity contribution in [2.75, 3.05) is 43.6 Å². The van der Waals surface area contributed by atoms with Crippen molar-refractivity contribution in [2.24, 2.45) is 7.05 Å². The van der Waals surface area contributed by atoms with Crippen LogP contribution in [0.2, 0.25) is 0 Å². The maximum Gasteiger partial charge on any atom is 0.417 e. The van der Waals surface area contributed by atoms with E-state index in [9.17, 15) is 22.8 Å². The van der Waals surface area contributed by atoms with Crippen LogP contribution in [0.25, 0.3) is 27.5 Å². The molecule has 5 aromatic rings. The van der Waals surface area contributed by atoms with Crippen LogP contribution in [-0.4, -0.2) is 64.8 Å². The Labute approximate surface area is 276 Å². The van der Waals surface area contributed by atoms with Crippen molar-refractivity contribution in [2.45, 2.75) is 25.1 Å². The minimum Gasteiger partial charge on any atom is -0.373 e. The number of nitrogens with zero attached hydrogens (tertiary/aromatic N) is 4. The highest BCUT2D eigenvalue weighted by Gasteiger charge is 2.39. The van der Waals surface area contributed by atoms with Crippen LogP contribution in [0.4, 0.5) is 33.3 Å². The molecule has 1 fully saturated rings. The number of aromatic nitrogens is 3. The van der Waals surface area contributed by atoms with Crippen molar-refractivity contribution in [1.29, 1.82) is 0 Å². The minimum absolute atomic E-state index is 0.0225. The standard InChI is InChI=1S/C35H31F5N6O3/c1-34(17-49-18-34)41-9-4-7-28(47)42-30-24(36)12-20(13-25(30)37)33(48)27-14-19-8-11-44(2)32-22-16-45(3)43-26(22)15-23(35(38,39)40)29(32)21-6-5-10-46(27)31(19)21/h4-7,10,12-16,41H,8-9,11,17-18H2,1-3H3,(H,42,47)/p+1/b7-4+. The fourth-order valence-electron chi connectivity index (χ4n) is 6.67. The van der Waals surface area contributed by atoms with E-state index in [0.29, 0.717) is 54.9 Å². The largest absolute Gasteiger partial charge is 0.417 e. The summed E-state index contributed by atoms with van der Waals surface area (Å²) in [7, 11) is 3.35. The molecule has 9 nitrogen and oxygen atoms in total. The molecule has 1 amide bonds. The SMILES string of the molecule is CN1CCc2cc(C(=O)c3cc(F)c(NC(=O)/C=C/C[NH2+]C4(C)COC4)c(F)c3)n3cccc(c23)-c2c(C(F)(F)F)cc3nn(C)cc3c21. The molecule has 0 atom stereocenters. The number of carbonyl (C=O) groups excluding carboxylic acids is 2. The zero-order chi connectivity index (χ0) is 34.8. The molecule has 14 heteroatoms. The Balaban J connectivity index is 1.25. The number of nitrogens with one attached hydrogen (secondary N) is 1. The molecule has 0 unspecified atom stereocenters. The smallest absolute Gasteiger partial charge is 0.373 e. The summed E-state index contributed by atoms with van der Waals surface area (Å²) in [6, 6.07) is 7.37. The highest BCUT2D eigenvalue weighted by molar-refractivity contribution is 6.11. The van der Waals surface area contributed by atoms with Gasteiger partial charge in [-0.3, -0.25) is 14.3 Å². The van der Waals surface area contributed by atoms with Crippen LogP contribution in [0.5, 0.6) is 0 Å². The fourth-order valence-corrected chi connectivity index (χ4v) is 6.67. The summed E-state index contributed by atoms with van der Waals surface area (Å²) in [6.45, 7) is 3.99. The van der Waals surface area contributed by atoms with Crippen LogP contribution in [0.15, 0.2) is 60.9 Å². The second kappa shape index (κ2) is 11.8. The zero-order valence-electron chi connectivity index (χ0n) is 26.8. The second-order valence-corrected chi connectivity index (χ2v) is 12.9. The van der Waals surface area contributed by atoms with Gasteiger partial charge in [-0.15, -0.1) is 0 Å². The van der Waals surface area contributed by atoms with E-state index in [0.717, 1.165) is 18.2 Å². The van der Waals surface area contributed by atoms with Gasteiger partial charge < -0.3 is 24.7 Å². The number of amides is 1. The van der Waals surface area contributed by atoms with Gasteiger partial charge in [0.2, 0.25) is 11.7 Å². The van der Waals surface area contributed by atoms with Gasteiger partial charge in [-0.1, -0.05) is 6.07 Å². The second-order valence-electron chi connectivity index (χ2n) is 12.9. The van der Waals surface area contributed by atoms with Crippen LogP contribution >= 0.6 is 0 Å². The average Bonchev–Trinajstić information content (AvgIpc) is 3.59. The third kappa shape index (κ3) is 5.74. The van der Waals surface area contributed by atoms with Crippen molar-refractivity contribution in [1.82, 2.24) is 14.2 Å². The molecular weight excluding hydrogens is 647 g/mol. The van der Waals surface area contributed by atoms with Gasteiger partial charge in [0.25, 0.3) is 0 Å². The van der Waals surface area contributed by atoms with Gasteiger partial charge in [0.15, 0.2) is 0 Å². The lowest BCUT2D eigenvalue weighted by atomic mass is 9.91. The molecule has 254 valence electrons. The van der Waals surface area contributed by atoms with Gasteiger partial charge in [-0.05, 0) is 55.3 Å². The first-order valence-corrected chi connectivity index (χ1v) is 15.6. The average molecular weight is 680 g/mol. The number of ketones is 1. The summed E-state index contributed by atoms with van der Waals surface area (Å²) in [5, 5.41) is 8.99. The summed E-state index contributed by atoms with van der Waals surface area (Å²) in [6.07, 6.45) is 1.61. The van der Waals surface area contributed by atoms with E-state index in [1.165, 1.54) is 21.2 Å². The fraction of sp³-hybridized carbons (Fsp3) is 0.286. The molecule has 1 saturated heterocycles. The highest BCUT2D eigenvalue weighted by Crippen LogP contribution is 2.48. The van der Waals surface area contributed by atoms with Crippen molar-refractivity contribution in [3.05, 3.63) is 95.0 Å². The Morgan fingerprint density at radius 1 is 1.12 bits per heavy atom. The number of anilines is 2. The summed E-state index contributed by atoms with van der Waals surface area (Å²) >= 11 is 0. The van der Waals surface area contributed by atoms with Gasteiger partial charge in [0.05, 0.1) is 34.5 Å². The number of likely N-dealkylation sites (N-methyl/N-ethyl adjacent to an activating group) is 1. The van der Waals surface area contributed by atoms with E-state index >= 15 is 8.78 Å². The number of halogens is 5. The Hall–Kier alpha value is -5.08. The van der Waals surface area contributed by atoms with Crippen molar-refractivity contribution in [3.63, 3.8) is 0 Å². The normalized spacial score (nSPS) is 15.7. The molecule has 0 bridgehead atoms. The number of hydrogen-bond donors (Lipinski definition) is 2. The van der Waals surface area contributed by atoms with E-state index in [2.05, 4.69) is 10.4 Å². The predicted octanol–water partition coefficient (Wildman–Crippen LogP) is 4.86. The molecule has 3 N–H and O–H groups in total. The van der Waals surface area contributed by atoms with Crippen LogP contribution in [-0.2, 0) is 29.2 Å². The molecule has 0 saturated carbocycles. The quantitative estimate of drug-likeness (QED) is 0.146. The summed E-state index contributed by atoms with van der Waals surface area (Å²) in [5.74, 6) is -3.79. The molecule has 0 spiro atoms. The van der Waals surface area contributed by atoms with E-state index in [4.69, 9.17) is 4.74 Å². The van der Waals surface area contributed by atoms with E-state index in [1.807, 2.05) is 12.2 Å². The lowest BCUT2D eigenvalue weighted by molar-refractivity contribution is -0.737. The van der Waals surface area contributed by atoms with Gasteiger partial charge in [-0.2, -0.15) is 18.3 Å². The lowest BCUT2D eigenvalue weighted by Gasteiger charge is -2.34. The van der Waals surface area contributed by atoms with E-state index in [-0.39, 0.29) is 33.4 Å². The number of alkyl halides is 3. The number of hydrogen-bond acceptors (Lipinski definition) is 5. The van der Waals surface area contributed by atoms with E-state index in [1.54, 1.807) is 49.6 Å². The molecular formula is C35H32F5N6O3+. The maximum atomic E-state index is 15.2. The van der Waals surface area contributed by atoms with Gasteiger partial charge >= 0.3 is 6.18 Å². The van der Waals surface area contributed by atoms with Crippen molar-refractivity contribution >= 4 is 39.5 Å². The number of quaternary nitrogens is 1. The molecule has 49 heavy (non-hydrogen) atoms. The Kier molecular flexibility index (Phi) is 7.82. The van der Waals surface area contributed by atoms with Gasteiger partial charge in [0.1, 0.15) is 36.1 Å². The molecule has 2 aliphatic rings. The lowest BCUT2D eigenvalue weighted by Crippen LogP contribution is -3.00. The van der Waals surface area contributed by atoms with Crippen molar-refractivity contribution < 1.29 is 41.6 Å². The molecule has 2 aliphatic heterocycles. The number of benzene rings is 2. The molecule has 5 heterocycles. The number of fused-ring (bicyclic) bond motifs is 4. The maximum absolute atomic E-state index is 15.2. The number of aryl methyl sites for hydroxylation is 1. The zero-order valence-corrected chi connectivity index (χ0v) is 26.8. The number of pyridine rings is 1. The summed E-state index contributed by atoms with van der Waals surface area (Å²) < 4.78 is 82.6. The topological polar surface area (TPSA) is 97.5 Å². The molecule has 7 rings (SSSR count). The summed E-state index contributed by atoms with van der Waals surface area (Å²) in [4.78, 5) is 28.0. The molecule has 2 aromatic carbocycles. The third-order valence-electron chi connectivity index (χ3n) is 9.11. The number of ether oxygens (including phenoxy) is 1. The Morgan fingerprint density at radius 2 is 1.86 bits per heavy atom. The number of nitrogens with two attached hydrogens (primary N) is 1. The molecule has 0 radical (unpaired) electrons. The van der Waals surface area contributed by atoms with E-state index < -0.39 is 40.8 Å². The van der Waals surface area contributed by atoms with Crippen LogP contribution in [0, 0.1) is 11.6 Å². The molecule has 0 aliphatic carbocycles. The minimum atomic E-state index is -4.72. The predicted molar refractivity (Wildman–Crippen MR) is 173 cm³/mol.